The van der Waals surface area contributed by atoms with Crippen molar-refractivity contribution >= 4 is 34.6 Å². The van der Waals surface area contributed by atoms with Crippen LogP contribution in [0.3, 0.4) is 0 Å². The maximum absolute atomic E-state index is 13.7. The molecule has 2 aliphatic heterocycles. The van der Waals surface area contributed by atoms with E-state index in [-0.39, 0.29) is 18.0 Å². The van der Waals surface area contributed by atoms with E-state index in [1.807, 2.05) is 24.3 Å². The second-order valence-electron chi connectivity index (χ2n) is 9.62. The Morgan fingerprint density at radius 2 is 1.92 bits per heavy atom. The van der Waals surface area contributed by atoms with Crippen molar-refractivity contribution in [2.75, 3.05) is 20.8 Å². The van der Waals surface area contributed by atoms with Crippen molar-refractivity contribution in [1.82, 2.24) is 20.9 Å². The number of para-hydroxylation sites is 1. The van der Waals surface area contributed by atoms with Gasteiger partial charge in [-0.2, -0.15) is 0 Å². The van der Waals surface area contributed by atoms with E-state index < -0.39 is 41.9 Å². The van der Waals surface area contributed by atoms with Gasteiger partial charge in [0.2, 0.25) is 11.8 Å². The molecule has 0 bridgehead atoms. The molecule has 4 atom stereocenters. The molecule has 2 aromatic carbocycles. The number of hydrogen-bond acceptors (Lipinski definition) is 7. The van der Waals surface area contributed by atoms with E-state index in [0.717, 1.165) is 10.9 Å². The average Bonchev–Trinajstić information content (AvgIpc) is 3.68. The van der Waals surface area contributed by atoms with Crippen LogP contribution in [-0.4, -0.2) is 67.6 Å². The number of H-pyrrole nitrogens is 1. The molecule has 5 rings (SSSR count). The molecule has 204 valence electrons. The van der Waals surface area contributed by atoms with Crippen LogP contribution in [0.15, 0.2) is 48.5 Å². The minimum atomic E-state index is -1.15. The van der Waals surface area contributed by atoms with Gasteiger partial charge in [-0.15, -0.1) is 0 Å². The van der Waals surface area contributed by atoms with Crippen molar-refractivity contribution in [3.8, 4) is 11.5 Å². The van der Waals surface area contributed by atoms with E-state index in [2.05, 4.69) is 20.9 Å². The molecule has 3 heterocycles. The Hall–Kier alpha value is -4.54. The topological polar surface area (TPSA) is 148 Å². The lowest BCUT2D eigenvalue weighted by molar-refractivity contribution is -0.146. The zero-order valence-electron chi connectivity index (χ0n) is 21.6. The SMILES string of the molecule is COC(=O)[C@H](C[C@@H]1CCNC1=O)NC(=O)[C@@H](NC(=O)c1cc2c(OC)cccc2[nH]1)[C@@H]1Cc2ccccc2O1. The predicted molar refractivity (Wildman–Crippen MR) is 140 cm³/mol. The molecule has 4 N–H and O–H groups in total. The fraction of sp³-hybridized carbons (Fsp3) is 0.357. The van der Waals surface area contributed by atoms with Gasteiger partial charge in [0, 0.05) is 29.8 Å². The van der Waals surface area contributed by atoms with Crippen LogP contribution in [0.4, 0.5) is 0 Å². The summed E-state index contributed by atoms with van der Waals surface area (Å²) < 4.78 is 16.3. The molecule has 0 saturated carbocycles. The molecule has 0 unspecified atom stereocenters. The third kappa shape index (κ3) is 5.38. The van der Waals surface area contributed by atoms with Crippen molar-refractivity contribution in [2.24, 2.45) is 5.92 Å². The Labute approximate surface area is 224 Å². The largest absolute Gasteiger partial charge is 0.496 e. The van der Waals surface area contributed by atoms with Crippen LogP contribution in [0, 0.1) is 5.92 Å². The van der Waals surface area contributed by atoms with Gasteiger partial charge < -0.3 is 35.1 Å². The van der Waals surface area contributed by atoms with Crippen LogP contribution >= 0.6 is 0 Å². The molecule has 0 spiro atoms. The van der Waals surface area contributed by atoms with Crippen LogP contribution in [0.1, 0.15) is 28.9 Å². The average molecular weight is 535 g/mol. The number of fused-ring (bicyclic) bond motifs is 2. The van der Waals surface area contributed by atoms with Crippen LogP contribution in [0.2, 0.25) is 0 Å². The fourth-order valence-corrected chi connectivity index (χ4v) is 5.14. The Bertz CT molecular complexity index is 1390. The number of amides is 3. The molecular weight excluding hydrogens is 504 g/mol. The zero-order chi connectivity index (χ0) is 27.5. The number of methoxy groups -OCH3 is 2. The first-order valence-electron chi connectivity index (χ1n) is 12.7. The number of nitrogens with one attached hydrogen (secondary N) is 4. The zero-order valence-corrected chi connectivity index (χ0v) is 21.6. The molecule has 2 aliphatic rings. The summed E-state index contributed by atoms with van der Waals surface area (Å²) in [5.41, 5.74) is 1.83. The number of rotatable bonds is 9. The number of benzene rings is 2. The Morgan fingerprint density at radius 1 is 1.10 bits per heavy atom. The van der Waals surface area contributed by atoms with Crippen molar-refractivity contribution < 1.29 is 33.4 Å². The summed E-state index contributed by atoms with van der Waals surface area (Å²) in [6, 6.07) is 12.2. The molecule has 11 nitrogen and oxygen atoms in total. The Kier molecular flexibility index (Phi) is 7.40. The first-order chi connectivity index (χ1) is 18.9. The number of carbonyl (C=O) groups is 4. The summed E-state index contributed by atoms with van der Waals surface area (Å²) >= 11 is 0. The van der Waals surface area contributed by atoms with Gasteiger partial charge in [-0.05, 0) is 42.7 Å². The molecule has 1 fully saturated rings. The smallest absolute Gasteiger partial charge is 0.328 e. The van der Waals surface area contributed by atoms with Crippen LogP contribution in [0.25, 0.3) is 10.9 Å². The predicted octanol–water partition coefficient (Wildman–Crippen LogP) is 1.46. The molecule has 0 aliphatic carbocycles. The molecule has 3 amide bonds. The van der Waals surface area contributed by atoms with Gasteiger partial charge in [0.1, 0.15) is 35.4 Å². The number of aromatic nitrogens is 1. The van der Waals surface area contributed by atoms with Crippen molar-refractivity contribution in [1.29, 1.82) is 0 Å². The van der Waals surface area contributed by atoms with E-state index in [0.29, 0.717) is 36.4 Å². The highest BCUT2D eigenvalue weighted by atomic mass is 16.5. The number of aromatic amines is 1. The van der Waals surface area contributed by atoms with E-state index in [4.69, 9.17) is 14.2 Å². The summed E-state index contributed by atoms with van der Waals surface area (Å²) in [7, 11) is 2.76. The summed E-state index contributed by atoms with van der Waals surface area (Å²) in [5, 5.41) is 8.95. The monoisotopic (exact) mass is 534 g/mol. The number of ether oxygens (including phenoxy) is 3. The lowest BCUT2D eigenvalue weighted by Gasteiger charge is -2.26. The highest BCUT2D eigenvalue weighted by molar-refractivity contribution is 6.02. The van der Waals surface area contributed by atoms with Gasteiger partial charge in [0.25, 0.3) is 5.91 Å². The summed E-state index contributed by atoms with van der Waals surface area (Å²) in [6.45, 7) is 0.507. The van der Waals surface area contributed by atoms with Crippen LogP contribution < -0.4 is 25.4 Å². The number of hydrogen-bond donors (Lipinski definition) is 4. The molecule has 0 radical (unpaired) electrons. The second kappa shape index (κ2) is 11.1. The first-order valence-corrected chi connectivity index (χ1v) is 12.7. The minimum absolute atomic E-state index is 0.0818. The summed E-state index contributed by atoms with van der Waals surface area (Å²) in [6.07, 6.45) is 0.285. The molecule has 1 aromatic heterocycles. The Morgan fingerprint density at radius 3 is 2.64 bits per heavy atom. The fourth-order valence-electron chi connectivity index (χ4n) is 5.14. The van der Waals surface area contributed by atoms with Gasteiger partial charge in [0.05, 0.1) is 14.2 Å². The second-order valence-corrected chi connectivity index (χ2v) is 9.62. The van der Waals surface area contributed by atoms with E-state index >= 15 is 0 Å². The van der Waals surface area contributed by atoms with Gasteiger partial charge in [-0.1, -0.05) is 24.3 Å². The summed E-state index contributed by atoms with van der Waals surface area (Å²) in [5.74, 6) is -1.21. The van der Waals surface area contributed by atoms with Gasteiger partial charge in [-0.3, -0.25) is 14.4 Å². The van der Waals surface area contributed by atoms with Gasteiger partial charge in [0.15, 0.2) is 0 Å². The molecule has 1 saturated heterocycles. The molecule has 11 heteroatoms. The molecule has 3 aromatic rings. The highest BCUT2D eigenvalue weighted by Crippen LogP contribution is 2.30. The normalized spacial score (nSPS) is 19.4. The quantitative estimate of drug-likeness (QED) is 0.304. The van der Waals surface area contributed by atoms with E-state index in [1.54, 1.807) is 31.4 Å². The van der Waals surface area contributed by atoms with Crippen LogP contribution in [-0.2, 0) is 25.5 Å². The third-order valence-corrected chi connectivity index (χ3v) is 7.19. The maximum atomic E-state index is 13.7. The molecule has 39 heavy (non-hydrogen) atoms. The highest BCUT2D eigenvalue weighted by Gasteiger charge is 2.39. The third-order valence-electron chi connectivity index (χ3n) is 7.19. The maximum Gasteiger partial charge on any atom is 0.328 e. The lowest BCUT2D eigenvalue weighted by atomic mass is 9.97. The first kappa shape index (κ1) is 26.1. The lowest BCUT2D eigenvalue weighted by Crippen LogP contribution is -2.58. The van der Waals surface area contributed by atoms with Crippen molar-refractivity contribution in [3.63, 3.8) is 0 Å². The van der Waals surface area contributed by atoms with E-state index in [1.165, 1.54) is 7.11 Å². The number of carbonyl (C=O) groups excluding carboxylic acids is 4. The minimum Gasteiger partial charge on any atom is -0.496 e. The Balaban J connectivity index is 1.39. The van der Waals surface area contributed by atoms with Crippen LogP contribution in [0.5, 0.6) is 11.5 Å². The number of esters is 1. The molecular formula is C28H30N4O7. The van der Waals surface area contributed by atoms with E-state index in [9.17, 15) is 19.2 Å². The van der Waals surface area contributed by atoms with Crippen molar-refractivity contribution in [2.45, 2.75) is 37.5 Å². The summed E-state index contributed by atoms with van der Waals surface area (Å²) in [4.78, 5) is 54.8. The van der Waals surface area contributed by atoms with Gasteiger partial charge in [-0.25, -0.2) is 4.79 Å². The van der Waals surface area contributed by atoms with Crippen molar-refractivity contribution in [3.05, 3.63) is 59.8 Å². The van der Waals surface area contributed by atoms with Gasteiger partial charge >= 0.3 is 5.97 Å². The standard InChI is InChI=1S/C28H30N4O7/c1-37-22-9-5-7-18-17(22)14-19(30-18)26(34)32-24(23-13-15-6-3-4-8-21(15)39-23)27(35)31-20(28(36)38-2)12-16-10-11-29-25(16)33/h3-9,14,16,20,23-24,30H,10-13H2,1-2H3,(H,29,33)(H,31,35)(H,32,34)/t16-,20-,23-,24-/m0/s1.